The van der Waals surface area contributed by atoms with Gasteiger partial charge in [-0.15, -0.1) is 0 Å². The van der Waals surface area contributed by atoms with Crippen LogP contribution in [0.2, 0.25) is 4.34 Å². The van der Waals surface area contributed by atoms with Crippen LogP contribution in [0, 0.1) is 5.13 Å². The molecule has 0 spiro atoms. The molecule has 1 aromatic rings. The van der Waals surface area contributed by atoms with Crippen LogP contribution in [-0.4, -0.2) is 25.9 Å². The van der Waals surface area contributed by atoms with E-state index in [4.69, 9.17) is 20.7 Å². The summed E-state index contributed by atoms with van der Waals surface area (Å²) in [5.74, 6) is 0. The van der Waals surface area contributed by atoms with Crippen LogP contribution in [0.4, 0.5) is 4.39 Å². The molecule has 0 unspecified atom stereocenters. The Morgan fingerprint density at radius 1 is 1.07 bits per heavy atom. The average Bonchev–Trinajstić information content (AvgIpc) is 2.22. The van der Waals surface area contributed by atoms with Crippen LogP contribution in [0.3, 0.4) is 0 Å². The molecular formula is C4H2ClFO6S3. The molecule has 0 saturated carbocycles. The molecule has 0 aliphatic rings. The van der Waals surface area contributed by atoms with Gasteiger partial charge in [-0.05, 0) is 0 Å². The molecule has 0 fully saturated rings. The zero-order valence-electron chi connectivity index (χ0n) is 6.51. The van der Waals surface area contributed by atoms with Crippen molar-refractivity contribution < 1.29 is 30.3 Å². The Bertz CT molecular complexity index is 546. The van der Waals surface area contributed by atoms with Gasteiger partial charge in [0.15, 0.2) is 4.90 Å². The Labute approximate surface area is 92.8 Å². The van der Waals surface area contributed by atoms with Crippen LogP contribution in [0.5, 0.6) is 0 Å². The first-order valence-electron chi connectivity index (χ1n) is 2.98. The third-order valence-electron chi connectivity index (χ3n) is 1.26. The van der Waals surface area contributed by atoms with E-state index in [2.05, 4.69) is 0 Å². The number of hydrogen-bond donors (Lipinski definition) is 2. The van der Waals surface area contributed by atoms with Crippen LogP contribution < -0.4 is 0 Å². The highest BCUT2D eigenvalue weighted by Crippen LogP contribution is 2.37. The molecule has 1 heterocycles. The zero-order chi connectivity index (χ0) is 12.0. The van der Waals surface area contributed by atoms with E-state index in [0.717, 1.165) is 0 Å². The summed E-state index contributed by atoms with van der Waals surface area (Å²) in [6.07, 6.45) is 0. The lowest BCUT2D eigenvalue weighted by molar-refractivity contribution is 0.460. The van der Waals surface area contributed by atoms with Gasteiger partial charge in [0.05, 0.1) is 0 Å². The third kappa shape index (κ3) is 2.46. The highest BCUT2D eigenvalue weighted by molar-refractivity contribution is 7.89. The SMILES string of the molecule is O=S(=O)(O)c1c(F)sc(Cl)c1S(=O)(=O)O. The monoisotopic (exact) mass is 296 g/mol. The van der Waals surface area contributed by atoms with E-state index in [1.54, 1.807) is 0 Å². The summed E-state index contributed by atoms with van der Waals surface area (Å²) in [4.78, 5) is -2.89. The molecular weight excluding hydrogens is 295 g/mol. The molecule has 0 amide bonds. The molecule has 2 N–H and O–H groups in total. The van der Waals surface area contributed by atoms with E-state index in [1.807, 2.05) is 0 Å². The van der Waals surface area contributed by atoms with Gasteiger partial charge in [-0.25, -0.2) is 0 Å². The number of halogens is 2. The van der Waals surface area contributed by atoms with Gasteiger partial charge in [-0.2, -0.15) is 21.2 Å². The molecule has 0 aromatic carbocycles. The third-order valence-corrected chi connectivity index (χ3v) is 4.77. The second-order valence-electron chi connectivity index (χ2n) is 2.26. The molecule has 86 valence electrons. The lowest BCUT2D eigenvalue weighted by Crippen LogP contribution is -2.07. The average molecular weight is 297 g/mol. The Morgan fingerprint density at radius 2 is 1.47 bits per heavy atom. The van der Waals surface area contributed by atoms with Crippen molar-refractivity contribution in [3.8, 4) is 0 Å². The summed E-state index contributed by atoms with van der Waals surface area (Å²) in [5, 5.41) is -1.52. The van der Waals surface area contributed by atoms with Crippen molar-refractivity contribution >= 4 is 43.2 Å². The fraction of sp³-hybridized carbons (Fsp3) is 0. The van der Waals surface area contributed by atoms with Gasteiger partial charge >= 0.3 is 0 Å². The van der Waals surface area contributed by atoms with Gasteiger partial charge < -0.3 is 0 Å². The molecule has 0 bridgehead atoms. The molecule has 0 saturated heterocycles. The van der Waals surface area contributed by atoms with Gasteiger partial charge in [0, 0.05) is 0 Å². The van der Waals surface area contributed by atoms with Gasteiger partial charge in [-0.1, -0.05) is 22.9 Å². The van der Waals surface area contributed by atoms with Crippen LogP contribution in [0.15, 0.2) is 9.79 Å². The van der Waals surface area contributed by atoms with Crippen LogP contribution >= 0.6 is 22.9 Å². The Morgan fingerprint density at radius 3 is 1.73 bits per heavy atom. The minimum atomic E-state index is -5.11. The molecule has 0 radical (unpaired) electrons. The molecule has 0 aliphatic heterocycles. The smallest absolute Gasteiger partial charge is 0.282 e. The molecule has 1 aromatic heterocycles. The maximum Gasteiger partial charge on any atom is 0.299 e. The molecule has 0 atom stereocenters. The predicted molar refractivity (Wildman–Crippen MR) is 48.9 cm³/mol. The first-order chi connectivity index (χ1) is 6.55. The van der Waals surface area contributed by atoms with Crippen molar-refractivity contribution in [3.63, 3.8) is 0 Å². The largest absolute Gasteiger partial charge is 0.299 e. The van der Waals surface area contributed by atoms with E-state index < -0.39 is 39.5 Å². The van der Waals surface area contributed by atoms with Gasteiger partial charge in [0.1, 0.15) is 9.23 Å². The van der Waals surface area contributed by atoms with Crippen molar-refractivity contribution in [2.75, 3.05) is 0 Å². The molecule has 11 heteroatoms. The van der Waals surface area contributed by atoms with Crippen LogP contribution in [0.1, 0.15) is 0 Å². The fourth-order valence-corrected chi connectivity index (χ4v) is 4.69. The molecule has 15 heavy (non-hydrogen) atoms. The van der Waals surface area contributed by atoms with Gasteiger partial charge in [0.25, 0.3) is 20.2 Å². The summed E-state index contributed by atoms with van der Waals surface area (Å²) in [5.41, 5.74) is 0. The summed E-state index contributed by atoms with van der Waals surface area (Å²) >= 11 is 5.17. The topological polar surface area (TPSA) is 109 Å². The minimum absolute atomic E-state index is 0.0300. The normalized spacial score (nSPS) is 13.1. The summed E-state index contributed by atoms with van der Waals surface area (Å²) < 4.78 is 71.8. The first kappa shape index (κ1) is 12.8. The Balaban J connectivity index is 3.83. The van der Waals surface area contributed by atoms with E-state index in [9.17, 15) is 21.2 Å². The number of rotatable bonds is 2. The lowest BCUT2D eigenvalue weighted by Gasteiger charge is -1.97. The van der Waals surface area contributed by atoms with Crippen molar-refractivity contribution in [3.05, 3.63) is 9.47 Å². The highest BCUT2D eigenvalue weighted by Gasteiger charge is 2.33. The van der Waals surface area contributed by atoms with Crippen molar-refractivity contribution in [1.29, 1.82) is 0 Å². The Hall–Kier alpha value is -0.260. The maximum absolute atomic E-state index is 12.9. The van der Waals surface area contributed by atoms with E-state index in [1.165, 1.54) is 0 Å². The predicted octanol–water partition coefficient (Wildman–Crippen LogP) is 1.03. The Kier molecular flexibility index (Phi) is 3.11. The van der Waals surface area contributed by atoms with Gasteiger partial charge in [-0.3, -0.25) is 9.11 Å². The molecule has 6 nitrogen and oxygen atoms in total. The van der Waals surface area contributed by atoms with E-state index >= 15 is 0 Å². The summed E-state index contributed by atoms with van der Waals surface area (Å²) in [6.45, 7) is 0. The zero-order valence-corrected chi connectivity index (χ0v) is 9.71. The second kappa shape index (κ2) is 3.64. The maximum atomic E-state index is 12.9. The molecule has 0 aliphatic carbocycles. The first-order valence-corrected chi connectivity index (χ1v) is 7.05. The number of hydrogen-bond acceptors (Lipinski definition) is 5. The van der Waals surface area contributed by atoms with Crippen molar-refractivity contribution in [1.82, 2.24) is 0 Å². The highest BCUT2D eigenvalue weighted by atomic mass is 35.5. The minimum Gasteiger partial charge on any atom is -0.282 e. The standard InChI is InChI=1S/C4H2ClFO6S3/c5-3-1(14(7,8)9)2(4(6)13-3)15(10,11)12/h(H,7,8,9)(H,10,11,12). The van der Waals surface area contributed by atoms with Crippen LogP contribution in [-0.2, 0) is 20.2 Å². The van der Waals surface area contributed by atoms with Gasteiger partial charge in [0.2, 0.25) is 5.13 Å². The fourth-order valence-electron chi connectivity index (χ4n) is 0.787. The van der Waals surface area contributed by atoms with E-state index in [-0.39, 0.29) is 11.3 Å². The van der Waals surface area contributed by atoms with E-state index in [0.29, 0.717) is 0 Å². The van der Waals surface area contributed by atoms with Crippen LogP contribution in [0.25, 0.3) is 0 Å². The quantitative estimate of drug-likeness (QED) is 0.789. The number of thiophene rings is 1. The lowest BCUT2D eigenvalue weighted by atomic mass is 10.6. The molecule has 1 rings (SSSR count). The van der Waals surface area contributed by atoms with Crippen molar-refractivity contribution in [2.45, 2.75) is 9.79 Å². The van der Waals surface area contributed by atoms with Crippen molar-refractivity contribution in [2.24, 2.45) is 0 Å². The second-order valence-corrected chi connectivity index (χ2v) is 6.55. The summed E-state index contributed by atoms with van der Waals surface area (Å²) in [7, 11) is -10.1. The summed E-state index contributed by atoms with van der Waals surface area (Å²) in [6, 6.07) is 0.